The molecule has 0 aromatic heterocycles. The van der Waals surface area contributed by atoms with Gasteiger partial charge in [-0.2, -0.15) is 24.4 Å². The fourth-order valence-electron chi connectivity index (χ4n) is 6.42. The van der Waals surface area contributed by atoms with Gasteiger partial charge in [0, 0.05) is 12.2 Å². The van der Waals surface area contributed by atoms with Gasteiger partial charge in [-0.3, -0.25) is 43.2 Å². The number of aliphatic hydroxyl groups excluding tert-OH is 2. The van der Waals surface area contributed by atoms with E-state index in [1.54, 1.807) is 47.8 Å². The molecule has 1 rings (SSSR count). The largest absolute Gasteiger partial charge is 0.508 e. The van der Waals surface area contributed by atoms with E-state index < -0.39 is 127 Å². The summed E-state index contributed by atoms with van der Waals surface area (Å²) in [6.07, 6.45) is 2.33. The SMILES string of the molecule is CC[C@H](C)[C@H](NC(=O)[C@H](CS)NC(=O)[C@H](CC(C)C)NC(=O)[C@H](Cc1ccc(O)cc1)NC(=O)[C@H](CCSC)NC(=O)[C@@H](N)CO)C(=O)N[C@@H](CC(C)C)C(=O)N[C@@H](CO)C(=O)N[C@@H](C)C(=O)O. The van der Waals surface area contributed by atoms with E-state index in [4.69, 9.17) is 10.8 Å². The van der Waals surface area contributed by atoms with Crippen LogP contribution >= 0.6 is 24.4 Å². The fourth-order valence-corrected chi connectivity index (χ4v) is 7.15. The van der Waals surface area contributed by atoms with E-state index >= 15 is 0 Å². The van der Waals surface area contributed by atoms with Crippen molar-refractivity contribution >= 4 is 77.6 Å². The van der Waals surface area contributed by atoms with Crippen molar-refractivity contribution in [1.29, 1.82) is 0 Å². The van der Waals surface area contributed by atoms with Gasteiger partial charge in [0.2, 0.25) is 47.3 Å². The Kier molecular flexibility index (Phi) is 27.8. The molecule has 24 heteroatoms. The van der Waals surface area contributed by atoms with Gasteiger partial charge in [-0.1, -0.05) is 60.1 Å². The molecule has 10 atom stereocenters. The smallest absolute Gasteiger partial charge is 0.325 e. The summed E-state index contributed by atoms with van der Waals surface area (Å²) in [6.45, 7) is 10.2. The molecular weight excluding hydrogens is 927 g/mol. The summed E-state index contributed by atoms with van der Waals surface area (Å²) in [6, 6.07) is -5.96. The number of nitrogens with one attached hydrogen (secondary N) is 8. The minimum Gasteiger partial charge on any atom is -0.508 e. The maximum Gasteiger partial charge on any atom is 0.325 e. The van der Waals surface area contributed by atoms with Crippen LogP contribution in [-0.2, 0) is 49.6 Å². The van der Waals surface area contributed by atoms with Gasteiger partial charge in [-0.25, -0.2) is 0 Å². The van der Waals surface area contributed by atoms with Crippen LogP contribution in [0.1, 0.15) is 79.7 Å². The summed E-state index contributed by atoms with van der Waals surface area (Å²) >= 11 is 5.70. The Morgan fingerprint density at radius 2 is 1.04 bits per heavy atom. The standard InChI is InChI=1S/C44H73N9O13S2/c1-9-24(6)35(43(64)50-31(17-23(4)5)38(59)51-33(20-55)41(62)46-25(7)44(65)66)53-42(63)34(21-67)52-39(60)30(16-22(2)3)48-40(61)32(18-26-10-12-27(56)13-11-26)49-37(58)29(14-15-68-8)47-36(57)28(45)19-54/h10-13,22-25,28-35,54-56,67H,9,14-21,45H2,1-8H3,(H,46,62)(H,47,57)(H,48,61)(H,49,58)(H,50,64)(H,51,59)(H,52,60)(H,53,63)(H,65,66)/t24-,25-,28-,29-,30-,31-,32-,33-,34-,35-/m0/s1. The van der Waals surface area contributed by atoms with Gasteiger partial charge < -0.3 is 68.7 Å². The zero-order chi connectivity index (χ0) is 51.8. The highest BCUT2D eigenvalue weighted by molar-refractivity contribution is 7.98. The number of carbonyl (C=O) groups is 9. The number of rotatable bonds is 31. The molecule has 0 aliphatic heterocycles. The minimum absolute atomic E-state index is 0.0456. The number of hydrogen-bond donors (Lipinski definition) is 14. The zero-order valence-electron chi connectivity index (χ0n) is 40.0. The number of nitrogens with two attached hydrogens (primary N) is 1. The number of phenols is 1. The minimum atomic E-state index is -1.55. The average molecular weight is 1000 g/mol. The third-order valence-corrected chi connectivity index (χ3v) is 11.6. The highest BCUT2D eigenvalue weighted by Crippen LogP contribution is 2.15. The lowest BCUT2D eigenvalue weighted by Gasteiger charge is -2.30. The predicted octanol–water partition coefficient (Wildman–Crippen LogP) is -1.95. The number of hydrogen-bond acceptors (Lipinski definition) is 15. The van der Waals surface area contributed by atoms with Crippen molar-refractivity contribution in [2.75, 3.05) is 31.0 Å². The summed E-state index contributed by atoms with van der Waals surface area (Å²) in [5, 5.41) is 58.5. The molecule has 0 aliphatic rings. The van der Waals surface area contributed by atoms with Gasteiger partial charge in [-0.15, -0.1) is 0 Å². The van der Waals surface area contributed by atoms with Crippen LogP contribution in [0.5, 0.6) is 5.75 Å². The van der Waals surface area contributed by atoms with Crippen LogP contribution in [0.3, 0.4) is 0 Å². The summed E-state index contributed by atoms with van der Waals surface area (Å²) in [4.78, 5) is 120. The monoisotopic (exact) mass is 999 g/mol. The number of benzene rings is 1. The van der Waals surface area contributed by atoms with Crippen LogP contribution in [0.25, 0.3) is 0 Å². The molecule has 1 aromatic rings. The molecule has 0 saturated heterocycles. The van der Waals surface area contributed by atoms with Crippen molar-refractivity contribution in [2.24, 2.45) is 23.5 Å². The summed E-state index contributed by atoms with van der Waals surface area (Å²) in [5.41, 5.74) is 6.19. The van der Waals surface area contributed by atoms with Crippen molar-refractivity contribution in [2.45, 2.75) is 135 Å². The van der Waals surface area contributed by atoms with E-state index in [0.29, 0.717) is 17.7 Å². The third kappa shape index (κ3) is 21.4. The van der Waals surface area contributed by atoms with E-state index in [1.807, 2.05) is 0 Å². The lowest BCUT2D eigenvalue weighted by atomic mass is 9.96. The van der Waals surface area contributed by atoms with Gasteiger partial charge in [0.15, 0.2) is 0 Å². The topological polar surface area (TPSA) is 357 Å². The Hall–Kier alpha value is -5.17. The molecule has 8 amide bonds. The Balaban J connectivity index is 3.40. The molecule has 0 unspecified atom stereocenters. The zero-order valence-corrected chi connectivity index (χ0v) is 41.7. The molecular formula is C44H73N9O13S2. The first-order chi connectivity index (χ1) is 31.9. The number of thioether (sulfide) groups is 1. The number of aliphatic hydroxyl groups is 2. The first kappa shape index (κ1) is 60.8. The molecule has 0 radical (unpaired) electrons. The molecule has 68 heavy (non-hydrogen) atoms. The molecule has 0 aliphatic carbocycles. The summed E-state index contributed by atoms with van der Waals surface area (Å²) in [5.74, 6) is -8.66. The number of carbonyl (C=O) groups excluding carboxylic acids is 8. The van der Waals surface area contributed by atoms with E-state index in [-0.39, 0.29) is 49.0 Å². The fraction of sp³-hybridized carbons (Fsp3) is 0.659. The van der Waals surface area contributed by atoms with Crippen LogP contribution in [0.15, 0.2) is 24.3 Å². The molecule has 0 heterocycles. The van der Waals surface area contributed by atoms with Crippen LogP contribution in [0.4, 0.5) is 0 Å². The van der Waals surface area contributed by atoms with Crippen molar-refractivity contribution in [3.05, 3.63) is 29.8 Å². The van der Waals surface area contributed by atoms with Gasteiger partial charge in [-0.05, 0) is 73.6 Å². The van der Waals surface area contributed by atoms with Crippen LogP contribution in [-0.4, -0.2) is 159 Å². The van der Waals surface area contributed by atoms with Gasteiger partial charge in [0.25, 0.3) is 0 Å². The van der Waals surface area contributed by atoms with Gasteiger partial charge in [0.1, 0.15) is 60.1 Å². The van der Waals surface area contributed by atoms with Gasteiger partial charge in [0.05, 0.1) is 13.2 Å². The maximum absolute atomic E-state index is 14.1. The highest BCUT2D eigenvalue weighted by Gasteiger charge is 2.36. The third-order valence-electron chi connectivity index (χ3n) is 10.6. The summed E-state index contributed by atoms with van der Waals surface area (Å²) < 4.78 is 0. The Morgan fingerprint density at radius 1 is 0.603 bits per heavy atom. The van der Waals surface area contributed by atoms with Crippen LogP contribution in [0.2, 0.25) is 0 Å². The van der Waals surface area contributed by atoms with E-state index in [1.165, 1.54) is 43.0 Å². The van der Waals surface area contributed by atoms with E-state index in [9.17, 15) is 58.5 Å². The molecule has 22 nitrogen and oxygen atoms in total. The van der Waals surface area contributed by atoms with Crippen LogP contribution in [0, 0.1) is 17.8 Å². The molecule has 14 N–H and O–H groups in total. The molecule has 0 fully saturated rings. The van der Waals surface area contributed by atoms with Gasteiger partial charge >= 0.3 is 5.97 Å². The van der Waals surface area contributed by atoms with Crippen molar-refractivity contribution in [1.82, 2.24) is 42.5 Å². The number of aliphatic carboxylic acids is 1. The lowest BCUT2D eigenvalue weighted by molar-refractivity contribution is -0.142. The lowest BCUT2D eigenvalue weighted by Crippen LogP contribution is -2.62. The van der Waals surface area contributed by atoms with Crippen molar-refractivity contribution < 1.29 is 63.6 Å². The number of carboxylic acid groups (broad SMARTS) is 1. The Labute approximate surface area is 407 Å². The van der Waals surface area contributed by atoms with E-state index in [2.05, 4.69) is 55.2 Å². The average Bonchev–Trinajstić information content (AvgIpc) is 3.28. The second kappa shape index (κ2) is 31.1. The molecule has 0 spiro atoms. The highest BCUT2D eigenvalue weighted by atomic mass is 32.2. The predicted molar refractivity (Wildman–Crippen MR) is 258 cm³/mol. The molecule has 1 aromatic carbocycles. The number of phenolic OH excluding ortho intramolecular Hbond substituents is 1. The maximum atomic E-state index is 14.1. The second-order valence-corrected chi connectivity index (χ2v) is 18.7. The Morgan fingerprint density at radius 3 is 1.51 bits per heavy atom. The first-order valence-corrected chi connectivity index (χ1v) is 24.5. The number of amides is 8. The normalized spacial score (nSPS) is 15.7. The number of thiol groups is 1. The van der Waals surface area contributed by atoms with E-state index in [0.717, 1.165) is 0 Å². The summed E-state index contributed by atoms with van der Waals surface area (Å²) in [7, 11) is 0. The number of aromatic hydroxyl groups is 1. The number of carboxylic acids is 1. The van der Waals surface area contributed by atoms with Crippen molar-refractivity contribution in [3.63, 3.8) is 0 Å². The Bertz CT molecular complexity index is 1840. The van der Waals surface area contributed by atoms with Crippen molar-refractivity contribution in [3.8, 4) is 5.75 Å². The molecule has 0 bridgehead atoms. The second-order valence-electron chi connectivity index (χ2n) is 17.4. The molecule has 384 valence electrons. The quantitative estimate of drug-likeness (QED) is 0.0360. The first-order valence-electron chi connectivity index (χ1n) is 22.4. The van der Waals surface area contributed by atoms with Crippen LogP contribution < -0.4 is 48.3 Å². The molecule has 0 saturated carbocycles.